The van der Waals surface area contributed by atoms with Crippen LogP contribution in [0.25, 0.3) is 0 Å². The molecule has 0 saturated carbocycles. The fraction of sp³-hybridized carbons (Fsp3) is 0.429. The molecule has 0 saturated heterocycles. The Labute approximate surface area is 60.5 Å². The van der Waals surface area contributed by atoms with Gasteiger partial charge < -0.3 is 10.8 Å². The lowest BCUT2D eigenvalue weighted by molar-refractivity contribution is -0.132. The maximum absolute atomic E-state index is 10.2. The number of aliphatic carboxylic acids is 1. The molecule has 0 heterocycles. The van der Waals surface area contributed by atoms with E-state index in [-0.39, 0.29) is 11.6 Å². The third-order valence-corrected chi connectivity index (χ3v) is 1.13. The van der Waals surface area contributed by atoms with Gasteiger partial charge in [-0.15, -0.1) is 0 Å². The maximum atomic E-state index is 10.2. The minimum absolute atomic E-state index is 0.240. The van der Waals surface area contributed by atoms with Crippen molar-refractivity contribution >= 4 is 5.97 Å². The molecule has 0 rings (SSSR count). The second-order valence-electron chi connectivity index (χ2n) is 2.11. The van der Waals surface area contributed by atoms with Gasteiger partial charge >= 0.3 is 5.97 Å². The Morgan fingerprint density at radius 3 is 2.70 bits per heavy atom. The lowest BCUT2D eigenvalue weighted by Crippen LogP contribution is -2.16. The van der Waals surface area contributed by atoms with Crippen LogP contribution in [-0.2, 0) is 4.79 Å². The van der Waals surface area contributed by atoms with E-state index in [1.807, 2.05) is 0 Å². The second-order valence-corrected chi connectivity index (χ2v) is 2.11. The van der Waals surface area contributed by atoms with Gasteiger partial charge in [-0.25, -0.2) is 4.79 Å². The first-order valence-corrected chi connectivity index (χ1v) is 3.04. The number of carbonyl (C=O) groups is 1. The van der Waals surface area contributed by atoms with Crippen LogP contribution >= 0.6 is 0 Å². The first-order valence-electron chi connectivity index (χ1n) is 3.04. The van der Waals surface area contributed by atoms with Crippen molar-refractivity contribution in [2.75, 3.05) is 0 Å². The van der Waals surface area contributed by atoms with Crippen molar-refractivity contribution in [3.63, 3.8) is 0 Å². The monoisotopic (exact) mass is 142 g/mol. The molecule has 0 aliphatic carbocycles. The van der Waals surface area contributed by atoms with E-state index in [2.05, 4.69) is 6.92 Å². The van der Waals surface area contributed by atoms with Crippen LogP contribution in [0.4, 0.5) is 0 Å². The van der Waals surface area contributed by atoms with E-state index in [1.165, 1.54) is 13.0 Å². The lowest BCUT2D eigenvalue weighted by Gasteiger charge is -2.00. The first kappa shape index (κ1) is 9.17. The topological polar surface area (TPSA) is 63.3 Å². The number of carboxylic acids is 1. The zero-order chi connectivity index (χ0) is 8.15. The third kappa shape index (κ3) is 3.25. The molecule has 0 aromatic rings. The van der Waals surface area contributed by atoms with E-state index < -0.39 is 5.97 Å². The summed E-state index contributed by atoms with van der Waals surface area (Å²) in [6.45, 7) is 5.05. The average molecular weight is 142 g/mol. The van der Waals surface area contributed by atoms with Gasteiger partial charge in [0.2, 0.25) is 0 Å². The standard InChI is InChI=1S/C7H12NO2/c1-3-6(8)4-5(2)7(9)10/h4,6H,1,3,8H2,2H3,(H,9,10). The smallest absolute Gasteiger partial charge is 0.331 e. The minimum atomic E-state index is -0.927. The Morgan fingerprint density at radius 2 is 2.40 bits per heavy atom. The SMILES string of the molecule is [CH2]CC(N)C=C(C)C(=O)O. The van der Waals surface area contributed by atoms with Crippen LogP contribution in [0, 0.1) is 6.92 Å². The summed E-state index contributed by atoms with van der Waals surface area (Å²) in [4.78, 5) is 10.2. The van der Waals surface area contributed by atoms with Gasteiger partial charge in [-0.3, -0.25) is 0 Å². The molecular formula is C7H12NO2. The van der Waals surface area contributed by atoms with E-state index in [9.17, 15) is 4.79 Å². The average Bonchev–Trinajstić information content (AvgIpc) is 1.87. The fourth-order valence-electron chi connectivity index (χ4n) is 0.476. The normalized spacial score (nSPS) is 14.9. The Hall–Kier alpha value is -0.830. The Morgan fingerprint density at radius 1 is 1.90 bits per heavy atom. The fourth-order valence-corrected chi connectivity index (χ4v) is 0.476. The highest BCUT2D eigenvalue weighted by molar-refractivity contribution is 5.85. The molecule has 3 N–H and O–H groups in total. The van der Waals surface area contributed by atoms with Crippen LogP contribution in [0.3, 0.4) is 0 Å². The van der Waals surface area contributed by atoms with Crippen LogP contribution in [0.2, 0.25) is 0 Å². The molecule has 1 atom stereocenters. The van der Waals surface area contributed by atoms with E-state index in [0.29, 0.717) is 6.42 Å². The molecule has 10 heavy (non-hydrogen) atoms. The van der Waals surface area contributed by atoms with Crippen molar-refractivity contribution in [1.82, 2.24) is 0 Å². The van der Waals surface area contributed by atoms with Crippen molar-refractivity contribution < 1.29 is 9.90 Å². The van der Waals surface area contributed by atoms with Gasteiger partial charge in [0.25, 0.3) is 0 Å². The molecule has 0 spiro atoms. The molecular weight excluding hydrogens is 130 g/mol. The predicted molar refractivity (Wildman–Crippen MR) is 39.3 cm³/mol. The Kier molecular flexibility index (Phi) is 3.72. The molecule has 0 fully saturated rings. The molecule has 0 bridgehead atoms. The van der Waals surface area contributed by atoms with Crippen LogP contribution < -0.4 is 5.73 Å². The zero-order valence-corrected chi connectivity index (χ0v) is 6.00. The molecule has 57 valence electrons. The summed E-state index contributed by atoms with van der Waals surface area (Å²) in [6, 6.07) is -0.240. The molecule has 3 heteroatoms. The zero-order valence-electron chi connectivity index (χ0n) is 6.00. The molecule has 0 aromatic heterocycles. The second kappa shape index (κ2) is 4.06. The van der Waals surface area contributed by atoms with Gasteiger partial charge in [0.05, 0.1) is 0 Å². The quantitative estimate of drug-likeness (QED) is 0.566. The van der Waals surface area contributed by atoms with Gasteiger partial charge in [0.1, 0.15) is 0 Å². The van der Waals surface area contributed by atoms with Crippen molar-refractivity contribution in [2.45, 2.75) is 19.4 Å². The van der Waals surface area contributed by atoms with E-state index in [0.717, 1.165) is 0 Å². The maximum Gasteiger partial charge on any atom is 0.331 e. The highest BCUT2D eigenvalue weighted by atomic mass is 16.4. The largest absolute Gasteiger partial charge is 0.478 e. The van der Waals surface area contributed by atoms with Crippen LogP contribution in [0.5, 0.6) is 0 Å². The van der Waals surface area contributed by atoms with Gasteiger partial charge in [0.15, 0.2) is 0 Å². The molecule has 3 nitrogen and oxygen atoms in total. The number of hydrogen-bond donors (Lipinski definition) is 2. The molecule has 1 unspecified atom stereocenters. The van der Waals surface area contributed by atoms with Crippen LogP contribution in [-0.4, -0.2) is 17.1 Å². The summed E-state index contributed by atoms with van der Waals surface area (Å²) < 4.78 is 0. The van der Waals surface area contributed by atoms with E-state index in [4.69, 9.17) is 10.8 Å². The summed E-state index contributed by atoms with van der Waals surface area (Å²) in [7, 11) is 0. The highest BCUT2D eigenvalue weighted by Gasteiger charge is 2.01. The van der Waals surface area contributed by atoms with Gasteiger partial charge in [0, 0.05) is 11.6 Å². The van der Waals surface area contributed by atoms with Crippen molar-refractivity contribution in [1.29, 1.82) is 0 Å². The summed E-state index contributed by atoms with van der Waals surface area (Å²) >= 11 is 0. The van der Waals surface area contributed by atoms with Crippen molar-refractivity contribution in [3.8, 4) is 0 Å². The summed E-state index contributed by atoms with van der Waals surface area (Å²) in [5, 5.41) is 8.38. The van der Waals surface area contributed by atoms with Gasteiger partial charge in [-0.2, -0.15) is 0 Å². The molecule has 1 radical (unpaired) electrons. The number of hydrogen-bond acceptors (Lipinski definition) is 2. The number of rotatable bonds is 3. The van der Waals surface area contributed by atoms with Crippen molar-refractivity contribution in [2.24, 2.45) is 5.73 Å². The minimum Gasteiger partial charge on any atom is -0.478 e. The molecule has 0 amide bonds. The molecule has 0 aliphatic heterocycles. The summed E-state index contributed by atoms with van der Waals surface area (Å²) in [6.07, 6.45) is 2.01. The highest BCUT2D eigenvalue weighted by Crippen LogP contribution is 1.96. The van der Waals surface area contributed by atoms with Gasteiger partial charge in [-0.05, 0) is 13.3 Å². The number of carboxylic acid groups (broad SMARTS) is 1. The molecule has 0 aliphatic rings. The van der Waals surface area contributed by atoms with E-state index in [1.54, 1.807) is 0 Å². The summed E-state index contributed by atoms with van der Waals surface area (Å²) in [5.41, 5.74) is 5.68. The van der Waals surface area contributed by atoms with Crippen LogP contribution in [0.1, 0.15) is 13.3 Å². The number of nitrogens with two attached hydrogens (primary N) is 1. The van der Waals surface area contributed by atoms with Crippen molar-refractivity contribution in [3.05, 3.63) is 18.6 Å². The lowest BCUT2D eigenvalue weighted by atomic mass is 10.1. The predicted octanol–water partition coefficient (Wildman–Crippen LogP) is 0.569. The summed E-state index contributed by atoms with van der Waals surface area (Å²) in [5.74, 6) is -0.927. The van der Waals surface area contributed by atoms with Gasteiger partial charge in [-0.1, -0.05) is 13.0 Å². The Bertz CT molecular complexity index is 152. The molecule has 0 aromatic carbocycles. The Balaban J connectivity index is 4.02. The van der Waals surface area contributed by atoms with Crippen LogP contribution in [0.15, 0.2) is 11.6 Å². The van der Waals surface area contributed by atoms with E-state index >= 15 is 0 Å². The first-order chi connectivity index (χ1) is 4.57. The third-order valence-electron chi connectivity index (χ3n) is 1.13.